The highest BCUT2D eigenvalue weighted by Crippen LogP contribution is 2.44. The maximum Gasteiger partial charge on any atom is 0.246 e. The molecular weight excluding hydrogens is 278 g/mol. The van der Waals surface area contributed by atoms with E-state index in [-0.39, 0.29) is 23.1 Å². The van der Waals surface area contributed by atoms with Gasteiger partial charge in [0.1, 0.15) is 0 Å². The van der Waals surface area contributed by atoms with E-state index in [1.807, 2.05) is 18.2 Å². The third-order valence-electron chi connectivity index (χ3n) is 5.14. The third kappa shape index (κ3) is 2.79. The molecule has 1 heterocycles. The molecular formula is C17H27NO2Si. The first-order valence-corrected chi connectivity index (χ1v) is 10.5. The van der Waals surface area contributed by atoms with Crippen molar-refractivity contribution in [1.29, 1.82) is 0 Å². The smallest absolute Gasteiger partial charge is 0.246 e. The van der Waals surface area contributed by atoms with Crippen LogP contribution in [0.3, 0.4) is 0 Å². The Labute approximate surface area is 129 Å². The molecule has 0 bridgehead atoms. The summed E-state index contributed by atoms with van der Waals surface area (Å²) in [5, 5.41) is 0.149. The average molecular weight is 305 g/mol. The normalized spacial score (nSPS) is 23.1. The second kappa shape index (κ2) is 5.58. The van der Waals surface area contributed by atoms with Crippen molar-refractivity contribution in [2.75, 3.05) is 7.11 Å². The van der Waals surface area contributed by atoms with Crippen molar-refractivity contribution in [3.63, 3.8) is 0 Å². The highest BCUT2D eigenvalue weighted by atomic mass is 28.3. The van der Waals surface area contributed by atoms with Crippen molar-refractivity contribution < 1.29 is 9.53 Å². The number of amides is 1. The molecule has 0 aliphatic carbocycles. The maximum absolute atomic E-state index is 12.5. The summed E-state index contributed by atoms with van der Waals surface area (Å²) in [4.78, 5) is 12.5. The Morgan fingerprint density at radius 2 is 1.76 bits per heavy atom. The van der Waals surface area contributed by atoms with Gasteiger partial charge in [0.05, 0.1) is 6.04 Å². The van der Waals surface area contributed by atoms with Crippen LogP contribution in [-0.2, 0) is 16.0 Å². The van der Waals surface area contributed by atoms with Gasteiger partial charge in [-0.2, -0.15) is 0 Å². The molecule has 4 heteroatoms. The SMILES string of the molecule is COC1C(=O)N([Si](C)(C)C(C)(C)C)C1Cc1ccccc1. The Morgan fingerprint density at radius 3 is 2.24 bits per heavy atom. The molecule has 0 saturated carbocycles. The molecule has 1 aromatic rings. The minimum Gasteiger partial charge on any atom is -0.369 e. The van der Waals surface area contributed by atoms with Crippen molar-refractivity contribution in [2.24, 2.45) is 0 Å². The van der Waals surface area contributed by atoms with E-state index in [4.69, 9.17) is 4.74 Å². The summed E-state index contributed by atoms with van der Waals surface area (Å²) in [6.45, 7) is 11.3. The van der Waals surface area contributed by atoms with Crippen molar-refractivity contribution in [1.82, 2.24) is 4.57 Å². The van der Waals surface area contributed by atoms with Crippen LogP contribution < -0.4 is 0 Å². The predicted molar refractivity (Wildman–Crippen MR) is 88.8 cm³/mol. The summed E-state index contributed by atoms with van der Waals surface area (Å²) in [5.41, 5.74) is 1.26. The number of nitrogens with zero attached hydrogens (tertiary/aromatic N) is 1. The first-order valence-electron chi connectivity index (χ1n) is 7.60. The van der Waals surface area contributed by atoms with Gasteiger partial charge in [0.2, 0.25) is 5.91 Å². The zero-order valence-corrected chi connectivity index (χ0v) is 15.0. The Balaban J connectivity index is 2.26. The number of rotatable bonds is 4. The van der Waals surface area contributed by atoms with Gasteiger partial charge < -0.3 is 9.30 Å². The Morgan fingerprint density at radius 1 is 1.19 bits per heavy atom. The summed E-state index contributed by atoms with van der Waals surface area (Å²) in [6, 6.07) is 10.5. The Kier molecular flexibility index (Phi) is 4.31. The third-order valence-corrected chi connectivity index (χ3v) is 10.6. The first kappa shape index (κ1) is 16.2. The quantitative estimate of drug-likeness (QED) is 0.630. The molecule has 1 saturated heterocycles. The van der Waals surface area contributed by atoms with Crippen LogP contribution >= 0.6 is 0 Å². The second-order valence-electron chi connectivity index (χ2n) is 7.43. The number of hydrogen-bond donors (Lipinski definition) is 0. The van der Waals surface area contributed by atoms with Gasteiger partial charge in [-0.1, -0.05) is 64.2 Å². The lowest BCUT2D eigenvalue weighted by molar-refractivity contribution is -0.160. The van der Waals surface area contributed by atoms with Crippen LogP contribution in [0.2, 0.25) is 18.1 Å². The molecule has 0 radical (unpaired) electrons. The average Bonchev–Trinajstić information content (AvgIpc) is 2.38. The number of carbonyl (C=O) groups excluding carboxylic acids is 1. The lowest BCUT2D eigenvalue weighted by atomic mass is 9.94. The molecule has 2 rings (SSSR count). The minimum absolute atomic E-state index is 0.149. The van der Waals surface area contributed by atoms with E-state index in [1.54, 1.807) is 7.11 Å². The second-order valence-corrected chi connectivity index (χ2v) is 12.5. The van der Waals surface area contributed by atoms with E-state index in [0.29, 0.717) is 0 Å². The molecule has 116 valence electrons. The lowest BCUT2D eigenvalue weighted by Gasteiger charge is -2.57. The highest BCUT2D eigenvalue weighted by Gasteiger charge is 2.57. The van der Waals surface area contributed by atoms with Crippen LogP contribution in [-0.4, -0.2) is 38.0 Å². The maximum atomic E-state index is 12.5. The summed E-state index contributed by atoms with van der Waals surface area (Å²) in [5.74, 6) is 0.171. The van der Waals surface area contributed by atoms with E-state index in [1.165, 1.54) is 5.56 Å². The van der Waals surface area contributed by atoms with Gasteiger partial charge in [0.15, 0.2) is 14.3 Å². The molecule has 1 amide bonds. The van der Waals surface area contributed by atoms with E-state index >= 15 is 0 Å². The van der Waals surface area contributed by atoms with Crippen LogP contribution in [0.5, 0.6) is 0 Å². The largest absolute Gasteiger partial charge is 0.369 e. The predicted octanol–water partition coefficient (Wildman–Crippen LogP) is 3.46. The minimum atomic E-state index is -1.86. The van der Waals surface area contributed by atoms with E-state index in [2.05, 4.69) is 50.6 Å². The fourth-order valence-corrected chi connectivity index (χ4v) is 5.34. The van der Waals surface area contributed by atoms with Crippen molar-refractivity contribution in [3.05, 3.63) is 35.9 Å². The molecule has 0 spiro atoms. The molecule has 1 fully saturated rings. The van der Waals surface area contributed by atoms with Gasteiger partial charge >= 0.3 is 0 Å². The fraction of sp³-hybridized carbons (Fsp3) is 0.588. The summed E-state index contributed by atoms with van der Waals surface area (Å²) >= 11 is 0. The van der Waals surface area contributed by atoms with Gasteiger partial charge in [0, 0.05) is 7.11 Å². The van der Waals surface area contributed by atoms with Gasteiger partial charge in [-0.25, -0.2) is 0 Å². The molecule has 0 aromatic heterocycles. The topological polar surface area (TPSA) is 29.5 Å². The number of β-lactam (4-membered cyclic amide) rings is 1. The van der Waals surface area contributed by atoms with Gasteiger partial charge in [0.25, 0.3) is 0 Å². The first-order chi connectivity index (χ1) is 9.70. The van der Waals surface area contributed by atoms with Crippen LogP contribution in [0, 0.1) is 0 Å². The van der Waals surface area contributed by atoms with Crippen LogP contribution in [0.1, 0.15) is 26.3 Å². The summed E-state index contributed by atoms with van der Waals surface area (Å²) in [6.07, 6.45) is 0.594. The lowest BCUT2D eigenvalue weighted by Crippen LogP contribution is -2.76. The molecule has 0 N–H and O–H groups in total. The summed E-state index contributed by atoms with van der Waals surface area (Å²) in [7, 11) is -0.213. The highest BCUT2D eigenvalue weighted by molar-refractivity contribution is 6.80. The number of ether oxygens (including phenoxy) is 1. The molecule has 1 aliphatic heterocycles. The molecule has 3 nitrogen and oxygen atoms in total. The molecule has 2 atom stereocenters. The number of benzene rings is 1. The van der Waals surface area contributed by atoms with Crippen LogP contribution in [0.4, 0.5) is 0 Å². The monoisotopic (exact) mass is 305 g/mol. The van der Waals surface area contributed by atoms with Gasteiger partial charge in [-0.05, 0) is 17.0 Å². The fourth-order valence-electron chi connectivity index (χ4n) is 2.88. The number of carbonyl (C=O) groups is 1. The van der Waals surface area contributed by atoms with E-state index in [9.17, 15) is 4.79 Å². The molecule has 1 aromatic carbocycles. The van der Waals surface area contributed by atoms with E-state index < -0.39 is 8.24 Å². The molecule has 2 unspecified atom stereocenters. The van der Waals surface area contributed by atoms with Gasteiger partial charge in [-0.3, -0.25) is 4.79 Å². The summed E-state index contributed by atoms with van der Waals surface area (Å²) < 4.78 is 7.61. The van der Waals surface area contributed by atoms with Crippen LogP contribution in [0.25, 0.3) is 0 Å². The zero-order chi connectivity index (χ0) is 15.8. The van der Waals surface area contributed by atoms with Crippen molar-refractivity contribution >= 4 is 14.1 Å². The van der Waals surface area contributed by atoms with Crippen LogP contribution in [0.15, 0.2) is 30.3 Å². The zero-order valence-electron chi connectivity index (χ0n) is 14.0. The molecule has 1 aliphatic rings. The van der Waals surface area contributed by atoms with Crippen molar-refractivity contribution in [3.8, 4) is 0 Å². The Hall–Kier alpha value is -1.13. The van der Waals surface area contributed by atoms with Gasteiger partial charge in [-0.15, -0.1) is 0 Å². The Bertz CT molecular complexity index is 507. The standard InChI is InChI=1S/C17H27NO2Si/c1-17(2,3)21(5,6)18-14(15(20-4)16(18)19)12-13-10-8-7-9-11-13/h7-11,14-15H,12H2,1-6H3. The van der Waals surface area contributed by atoms with E-state index in [0.717, 1.165) is 6.42 Å². The number of hydrogen-bond acceptors (Lipinski definition) is 2. The molecule has 21 heavy (non-hydrogen) atoms. The number of methoxy groups -OCH3 is 1. The van der Waals surface area contributed by atoms with Crippen molar-refractivity contribution in [2.45, 2.75) is 57.5 Å².